The van der Waals surface area contributed by atoms with Gasteiger partial charge in [0.2, 0.25) is 6.54 Å². The van der Waals surface area contributed by atoms with Gasteiger partial charge in [0.15, 0.2) is 0 Å². The molecule has 1 unspecified atom stereocenters. The van der Waals surface area contributed by atoms with Crippen LogP contribution in [0.25, 0.3) is 0 Å². The highest BCUT2D eigenvalue weighted by Gasteiger charge is 2.64. The minimum absolute atomic E-state index is 0.916. The van der Waals surface area contributed by atoms with E-state index in [2.05, 4.69) is 0 Å². The molecule has 0 N–H and O–H groups in total. The first kappa shape index (κ1) is 14.7. The molecule has 16 heavy (non-hydrogen) atoms. The predicted octanol–water partition coefficient (Wildman–Crippen LogP) is 2.77. The molecule has 0 heterocycles. The first-order valence-electron chi connectivity index (χ1n) is 4.53. The standard InChI is InChI=1S/C9H13F3N2O2/c1-7(2,3)8(4-5-13,6-14(15)16)9(10,11)12/h4,6H2,1-3H3. The molecule has 0 aromatic rings. The third kappa shape index (κ3) is 2.62. The molecule has 0 aromatic carbocycles. The fraction of sp³-hybridized carbons (Fsp3) is 0.889. The lowest BCUT2D eigenvalue weighted by Gasteiger charge is -2.41. The Labute approximate surface area is 91.2 Å². The Morgan fingerprint density at radius 3 is 1.94 bits per heavy atom. The average Bonchev–Trinajstić information content (AvgIpc) is 1.98. The minimum Gasteiger partial charge on any atom is -0.265 e. The Kier molecular flexibility index (Phi) is 3.92. The first-order valence-corrected chi connectivity index (χ1v) is 4.53. The molecule has 0 rings (SSSR count). The topological polar surface area (TPSA) is 66.9 Å². The van der Waals surface area contributed by atoms with Gasteiger partial charge in [0.05, 0.1) is 12.5 Å². The van der Waals surface area contributed by atoms with Crippen molar-refractivity contribution in [3.63, 3.8) is 0 Å². The van der Waals surface area contributed by atoms with Crippen molar-refractivity contribution in [1.29, 1.82) is 5.26 Å². The van der Waals surface area contributed by atoms with Crippen LogP contribution in [-0.4, -0.2) is 17.6 Å². The monoisotopic (exact) mass is 238 g/mol. The molecule has 0 radical (unpaired) electrons. The van der Waals surface area contributed by atoms with Gasteiger partial charge in [0.25, 0.3) is 0 Å². The number of hydrogen-bond acceptors (Lipinski definition) is 3. The number of halogens is 3. The van der Waals surface area contributed by atoms with Gasteiger partial charge in [0, 0.05) is 4.92 Å². The summed E-state index contributed by atoms with van der Waals surface area (Å²) in [4.78, 5) is 9.36. The maximum absolute atomic E-state index is 13.0. The van der Waals surface area contributed by atoms with Crippen LogP contribution in [0.4, 0.5) is 13.2 Å². The number of nitrogens with zero attached hydrogens (tertiary/aromatic N) is 2. The van der Waals surface area contributed by atoms with Gasteiger partial charge in [-0.3, -0.25) is 10.1 Å². The van der Waals surface area contributed by atoms with E-state index in [0.29, 0.717) is 0 Å². The minimum atomic E-state index is -4.78. The van der Waals surface area contributed by atoms with Gasteiger partial charge < -0.3 is 0 Å². The Bertz CT molecular complexity index is 298. The second-order valence-corrected chi connectivity index (χ2v) is 4.66. The summed E-state index contributed by atoms with van der Waals surface area (Å²) in [6.45, 7) is 2.47. The van der Waals surface area contributed by atoms with Gasteiger partial charge >= 0.3 is 6.18 Å². The van der Waals surface area contributed by atoms with E-state index in [9.17, 15) is 23.3 Å². The molecule has 92 valence electrons. The highest BCUT2D eigenvalue weighted by molar-refractivity contribution is 5.01. The maximum atomic E-state index is 13.0. The summed E-state index contributed by atoms with van der Waals surface area (Å²) in [6, 6.07) is 1.40. The van der Waals surface area contributed by atoms with Gasteiger partial charge in [-0.2, -0.15) is 18.4 Å². The van der Waals surface area contributed by atoms with Gasteiger partial charge in [-0.25, -0.2) is 0 Å². The van der Waals surface area contributed by atoms with E-state index < -0.39 is 34.9 Å². The molecule has 0 aromatic heterocycles. The van der Waals surface area contributed by atoms with Gasteiger partial charge in [-0.15, -0.1) is 0 Å². The molecular formula is C9H13F3N2O2. The van der Waals surface area contributed by atoms with Crippen LogP contribution in [0.1, 0.15) is 27.2 Å². The van der Waals surface area contributed by atoms with Crippen molar-refractivity contribution in [3.05, 3.63) is 10.1 Å². The van der Waals surface area contributed by atoms with Crippen LogP contribution in [0.5, 0.6) is 0 Å². The van der Waals surface area contributed by atoms with Crippen molar-refractivity contribution < 1.29 is 18.1 Å². The molecule has 0 saturated heterocycles. The third-order valence-electron chi connectivity index (χ3n) is 2.76. The number of nitriles is 1. The lowest BCUT2D eigenvalue weighted by Crippen LogP contribution is -2.52. The van der Waals surface area contributed by atoms with Crippen molar-refractivity contribution in [2.45, 2.75) is 33.4 Å². The van der Waals surface area contributed by atoms with Crippen LogP contribution in [-0.2, 0) is 0 Å². The molecular weight excluding hydrogens is 225 g/mol. The predicted molar refractivity (Wildman–Crippen MR) is 50.0 cm³/mol. The first-order chi connectivity index (χ1) is 6.98. The Morgan fingerprint density at radius 2 is 1.75 bits per heavy atom. The summed E-state index contributed by atoms with van der Waals surface area (Å²) in [7, 11) is 0. The van der Waals surface area contributed by atoms with Gasteiger partial charge in [0.1, 0.15) is 5.41 Å². The van der Waals surface area contributed by atoms with Gasteiger partial charge in [-0.05, 0) is 5.41 Å². The Hall–Kier alpha value is -1.32. The molecule has 0 aliphatic heterocycles. The lowest BCUT2D eigenvalue weighted by molar-refractivity contribution is -0.518. The van der Waals surface area contributed by atoms with E-state index in [1.165, 1.54) is 26.8 Å². The van der Waals surface area contributed by atoms with Crippen molar-refractivity contribution in [3.8, 4) is 6.07 Å². The molecule has 0 bridgehead atoms. The second kappa shape index (κ2) is 4.28. The summed E-state index contributed by atoms with van der Waals surface area (Å²) in [5.74, 6) is 0. The Balaban J connectivity index is 5.61. The molecule has 0 aliphatic carbocycles. The van der Waals surface area contributed by atoms with E-state index in [1.54, 1.807) is 0 Å². The zero-order valence-electron chi connectivity index (χ0n) is 9.26. The van der Waals surface area contributed by atoms with Crippen molar-refractivity contribution in [2.24, 2.45) is 10.8 Å². The zero-order chi connectivity index (χ0) is 13.2. The van der Waals surface area contributed by atoms with Crippen LogP contribution in [0.2, 0.25) is 0 Å². The number of hydrogen-bond donors (Lipinski definition) is 0. The maximum Gasteiger partial charge on any atom is 0.402 e. The van der Waals surface area contributed by atoms with E-state index >= 15 is 0 Å². The van der Waals surface area contributed by atoms with Crippen LogP contribution in [0, 0.1) is 32.3 Å². The summed E-state index contributed by atoms with van der Waals surface area (Å²) >= 11 is 0. The SMILES string of the molecule is CC(C)(C)C(CC#N)(C[N+](=O)[O-])C(F)(F)F. The normalized spacial score (nSPS) is 16.3. The lowest BCUT2D eigenvalue weighted by atomic mass is 9.64. The molecule has 4 nitrogen and oxygen atoms in total. The number of nitro groups is 1. The Morgan fingerprint density at radius 1 is 1.31 bits per heavy atom. The molecule has 0 spiro atoms. The number of alkyl halides is 3. The largest absolute Gasteiger partial charge is 0.402 e. The average molecular weight is 238 g/mol. The van der Waals surface area contributed by atoms with Crippen LogP contribution < -0.4 is 0 Å². The molecule has 1 atom stereocenters. The number of rotatable bonds is 3. The van der Waals surface area contributed by atoms with E-state index in [0.717, 1.165) is 0 Å². The molecule has 0 aliphatic rings. The zero-order valence-corrected chi connectivity index (χ0v) is 9.26. The summed E-state index contributed by atoms with van der Waals surface area (Å²) in [5.41, 5.74) is -4.02. The third-order valence-corrected chi connectivity index (χ3v) is 2.76. The quantitative estimate of drug-likeness (QED) is 0.560. The highest BCUT2D eigenvalue weighted by Crippen LogP contribution is 2.53. The highest BCUT2D eigenvalue weighted by atomic mass is 19.4. The van der Waals surface area contributed by atoms with Gasteiger partial charge in [-0.1, -0.05) is 20.8 Å². The fourth-order valence-electron chi connectivity index (χ4n) is 1.53. The van der Waals surface area contributed by atoms with Crippen LogP contribution >= 0.6 is 0 Å². The molecule has 0 saturated carbocycles. The smallest absolute Gasteiger partial charge is 0.265 e. The van der Waals surface area contributed by atoms with Crippen molar-refractivity contribution >= 4 is 0 Å². The van der Waals surface area contributed by atoms with E-state index in [-0.39, 0.29) is 0 Å². The molecule has 7 heteroatoms. The van der Waals surface area contributed by atoms with E-state index in [1.807, 2.05) is 0 Å². The molecule has 0 fully saturated rings. The summed E-state index contributed by atoms with van der Waals surface area (Å²) < 4.78 is 38.9. The molecule has 0 amide bonds. The fourth-order valence-corrected chi connectivity index (χ4v) is 1.53. The van der Waals surface area contributed by atoms with Crippen LogP contribution in [0.3, 0.4) is 0 Å². The summed E-state index contributed by atoms with van der Waals surface area (Å²) in [5, 5.41) is 18.8. The van der Waals surface area contributed by atoms with Crippen molar-refractivity contribution in [1.82, 2.24) is 0 Å². The van der Waals surface area contributed by atoms with E-state index in [4.69, 9.17) is 5.26 Å². The second-order valence-electron chi connectivity index (χ2n) is 4.66. The van der Waals surface area contributed by atoms with Crippen LogP contribution in [0.15, 0.2) is 0 Å². The van der Waals surface area contributed by atoms with Crippen molar-refractivity contribution in [2.75, 3.05) is 6.54 Å². The summed E-state index contributed by atoms with van der Waals surface area (Å²) in [6.07, 6.45) is -5.70.